The fourth-order valence-corrected chi connectivity index (χ4v) is 6.22. The van der Waals surface area contributed by atoms with Crippen LogP contribution >= 0.6 is 0 Å². The summed E-state index contributed by atoms with van der Waals surface area (Å²) in [6.45, 7) is 11.4. The van der Waals surface area contributed by atoms with Crippen LogP contribution in [0.1, 0.15) is 22.6 Å². The van der Waals surface area contributed by atoms with Crippen molar-refractivity contribution in [2.45, 2.75) is 27.7 Å². The Labute approximate surface area is 302 Å². The average molecular weight is 720 g/mol. The van der Waals surface area contributed by atoms with Gasteiger partial charge in [-0.2, -0.15) is 0 Å². The summed E-state index contributed by atoms with van der Waals surface area (Å²) in [5.41, 5.74) is 10.0. The SMILES string of the molecule is Cc1ccc(-c2cc3c(-c4ccccc4)c(C)ccc3[cH-]2)o1.Cc1ccc(-c2cc3c(-c4ccccc4)c(C)ccc3[cH-]2)o1.[CH3-].[CH3-].[Si]=[Zr]. The summed E-state index contributed by atoms with van der Waals surface area (Å²) in [7, 11) is 0. The molecule has 0 aliphatic heterocycles. The van der Waals surface area contributed by atoms with Crippen LogP contribution in [0.3, 0.4) is 0 Å². The van der Waals surface area contributed by atoms with E-state index in [4.69, 9.17) is 8.83 Å². The molecular formula is C44H40O2SiZr-4. The van der Waals surface area contributed by atoms with E-state index in [1.165, 1.54) is 78.3 Å². The average Bonchev–Trinajstić information content (AvgIpc) is 3.89. The molecule has 0 amide bonds. The van der Waals surface area contributed by atoms with Crippen molar-refractivity contribution >= 4 is 28.4 Å². The molecule has 0 fully saturated rings. The second-order valence-electron chi connectivity index (χ2n) is 11.6. The first-order chi connectivity index (χ1) is 22.4. The molecule has 2 nitrogen and oxygen atoms in total. The third-order valence-electron chi connectivity index (χ3n) is 8.37. The van der Waals surface area contributed by atoms with Gasteiger partial charge in [-0.1, -0.05) is 95.1 Å². The molecule has 0 unspecified atom stereocenters. The van der Waals surface area contributed by atoms with Gasteiger partial charge >= 0.3 is 30.2 Å². The summed E-state index contributed by atoms with van der Waals surface area (Å²) in [6.07, 6.45) is 0. The molecule has 0 aliphatic carbocycles. The topological polar surface area (TPSA) is 26.3 Å². The maximum atomic E-state index is 5.77. The van der Waals surface area contributed by atoms with Crippen LogP contribution in [-0.4, -0.2) is 6.88 Å². The summed E-state index contributed by atoms with van der Waals surface area (Å²) in [6, 6.07) is 46.9. The molecular weight excluding hydrogens is 680 g/mol. The third-order valence-corrected chi connectivity index (χ3v) is 8.37. The van der Waals surface area contributed by atoms with Gasteiger partial charge in [0, 0.05) is 0 Å². The molecule has 8 aromatic rings. The van der Waals surface area contributed by atoms with Crippen LogP contribution in [0.5, 0.6) is 0 Å². The Balaban J connectivity index is 0.000000198. The second kappa shape index (κ2) is 16.2. The molecule has 8 rings (SSSR count). The quantitative estimate of drug-likeness (QED) is 0.134. The molecule has 2 aromatic heterocycles. The van der Waals surface area contributed by atoms with Crippen molar-refractivity contribution < 1.29 is 32.2 Å². The molecule has 0 N–H and O–H groups in total. The van der Waals surface area contributed by atoms with Gasteiger partial charge in [-0.25, -0.2) is 0 Å². The normalized spacial score (nSPS) is 10.3. The summed E-state index contributed by atoms with van der Waals surface area (Å²) in [5, 5.41) is 5.09. The van der Waals surface area contributed by atoms with Gasteiger partial charge in [0.15, 0.2) is 0 Å². The van der Waals surface area contributed by atoms with Crippen molar-refractivity contribution in [2.24, 2.45) is 0 Å². The first-order valence-corrected chi connectivity index (χ1v) is 19.5. The van der Waals surface area contributed by atoms with E-state index in [0.29, 0.717) is 0 Å². The van der Waals surface area contributed by atoms with Crippen molar-refractivity contribution in [3.05, 3.63) is 171 Å². The molecule has 0 spiro atoms. The molecule has 0 aliphatic rings. The van der Waals surface area contributed by atoms with Gasteiger partial charge < -0.3 is 23.7 Å². The molecule has 240 valence electrons. The zero-order chi connectivity index (χ0) is 32.2. The molecule has 2 heterocycles. The molecule has 0 bridgehead atoms. The molecule has 0 saturated carbocycles. The van der Waals surface area contributed by atoms with Crippen LogP contribution < -0.4 is 0 Å². The number of rotatable bonds is 4. The Morgan fingerprint density at radius 1 is 0.479 bits per heavy atom. The predicted octanol–water partition coefficient (Wildman–Crippen LogP) is 12.7. The number of hydrogen-bond acceptors (Lipinski definition) is 2. The van der Waals surface area contributed by atoms with Gasteiger partial charge in [-0.3, -0.25) is 0 Å². The standard InChI is InChI=1S/2C21H17O.2CH3.Si.Zr/c2*1-14-8-10-17-12-18(20-11-9-15(2)22-20)13-19(17)21(14)16-6-4-3-5-7-16;;;;/h2*3-13H,1-2H3;2*1H3;;/q4*-1;;. The van der Waals surface area contributed by atoms with E-state index in [9.17, 15) is 0 Å². The summed E-state index contributed by atoms with van der Waals surface area (Å²) in [5.74, 6) is 3.76. The molecule has 0 atom stereocenters. The number of aryl methyl sites for hydroxylation is 4. The number of fused-ring (bicyclic) bond motifs is 2. The summed E-state index contributed by atoms with van der Waals surface area (Å²) in [4.78, 5) is 0. The van der Waals surface area contributed by atoms with Crippen molar-refractivity contribution in [3.8, 4) is 44.9 Å². The number of furan rings is 2. The first-order valence-electron chi connectivity index (χ1n) is 15.3. The molecule has 2 radical (unpaired) electrons. The zero-order valence-corrected chi connectivity index (χ0v) is 32.0. The van der Waals surface area contributed by atoms with E-state index in [2.05, 4.69) is 130 Å². The van der Waals surface area contributed by atoms with Crippen LogP contribution in [0.25, 0.3) is 66.4 Å². The van der Waals surface area contributed by atoms with E-state index >= 15 is 0 Å². The Morgan fingerprint density at radius 2 is 0.854 bits per heavy atom. The molecule has 48 heavy (non-hydrogen) atoms. The Bertz CT molecular complexity index is 2070. The monoisotopic (exact) mass is 718 g/mol. The van der Waals surface area contributed by atoms with Crippen molar-refractivity contribution in [2.75, 3.05) is 0 Å². The van der Waals surface area contributed by atoms with Gasteiger partial charge in [-0.15, -0.1) is 57.9 Å². The molecule has 4 heteroatoms. The van der Waals surface area contributed by atoms with Crippen LogP contribution in [0.4, 0.5) is 0 Å². The minimum atomic E-state index is 0. The second-order valence-corrected chi connectivity index (χ2v) is 11.6. The Hall–Kier alpha value is -4.24. The van der Waals surface area contributed by atoms with Crippen LogP contribution in [0, 0.1) is 42.5 Å². The van der Waals surface area contributed by atoms with Gasteiger partial charge in [0.2, 0.25) is 0 Å². The van der Waals surface area contributed by atoms with Crippen molar-refractivity contribution in [1.82, 2.24) is 0 Å². The van der Waals surface area contributed by atoms with Gasteiger partial charge in [0.1, 0.15) is 0 Å². The van der Waals surface area contributed by atoms with Gasteiger partial charge in [0.05, 0.1) is 23.0 Å². The van der Waals surface area contributed by atoms with Crippen molar-refractivity contribution in [1.29, 1.82) is 0 Å². The Morgan fingerprint density at radius 3 is 1.19 bits per heavy atom. The fourth-order valence-electron chi connectivity index (χ4n) is 6.22. The van der Waals surface area contributed by atoms with Crippen LogP contribution in [0.15, 0.2) is 142 Å². The molecule has 6 aromatic carbocycles. The summed E-state index contributed by atoms with van der Waals surface area (Å²) < 4.78 is 11.5. The third kappa shape index (κ3) is 7.57. The van der Waals surface area contributed by atoms with Crippen LogP contribution in [-0.2, 0) is 23.3 Å². The zero-order valence-electron chi connectivity index (χ0n) is 28.5. The van der Waals surface area contributed by atoms with E-state index in [0.717, 1.165) is 34.2 Å². The van der Waals surface area contributed by atoms with E-state index in [-0.39, 0.29) is 14.9 Å². The minimum absolute atomic E-state index is 0. The molecule has 0 saturated heterocycles. The van der Waals surface area contributed by atoms with Crippen LogP contribution in [0.2, 0.25) is 0 Å². The first kappa shape index (κ1) is 36.6. The van der Waals surface area contributed by atoms with Gasteiger partial charge in [-0.05, 0) is 74.2 Å². The summed E-state index contributed by atoms with van der Waals surface area (Å²) >= 11 is 1.36. The van der Waals surface area contributed by atoms with Crippen molar-refractivity contribution in [3.63, 3.8) is 0 Å². The number of benzene rings is 4. The fraction of sp³-hybridized carbons (Fsp3) is 0.0909. The predicted molar refractivity (Wildman–Crippen MR) is 203 cm³/mol. The van der Waals surface area contributed by atoms with E-state index in [1.54, 1.807) is 0 Å². The maximum absolute atomic E-state index is 5.77. The van der Waals surface area contributed by atoms with Gasteiger partial charge in [0.25, 0.3) is 0 Å². The number of hydrogen-bond donors (Lipinski definition) is 0. The van der Waals surface area contributed by atoms with E-state index < -0.39 is 0 Å². The van der Waals surface area contributed by atoms with E-state index in [1.807, 2.05) is 38.1 Å². The Kier molecular flexibility index (Phi) is 12.4.